The molecule has 0 fully saturated rings. The quantitative estimate of drug-likeness (QED) is 0.350. The van der Waals surface area contributed by atoms with Gasteiger partial charge in [0.25, 0.3) is 0 Å². The molecule has 48 valence electrons. The highest BCUT2D eigenvalue weighted by Crippen LogP contribution is 1.95. The zero-order chi connectivity index (χ0) is 6.41. The number of alkyl halides is 1. The van der Waals surface area contributed by atoms with Crippen LogP contribution >= 0.6 is 11.6 Å². The molecule has 0 spiro atoms. The maximum absolute atomic E-state index is 5.70. The van der Waals surface area contributed by atoms with Crippen molar-refractivity contribution in [2.24, 2.45) is 0 Å². The van der Waals surface area contributed by atoms with Gasteiger partial charge in [0, 0.05) is 0 Å². The van der Waals surface area contributed by atoms with Gasteiger partial charge in [-0.15, -0.1) is 18.2 Å². The van der Waals surface area contributed by atoms with Crippen LogP contribution in [0.5, 0.6) is 0 Å². The van der Waals surface area contributed by atoms with E-state index in [4.69, 9.17) is 11.6 Å². The normalized spacial score (nSPS) is 13.2. The summed E-state index contributed by atoms with van der Waals surface area (Å²) in [6.07, 6.45) is 2.63. The molecule has 0 radical (unpaired) electrons. The Hall–Kier alpha value is -0.0100. The number of nitrogens with one attached hydrogen (secondary N) is 1. The summed E-state index contributed by atoms with van der Waals surface area (Å²) in [4.78, 5) is 0. The molecule has 0 aromatic carbocycles. The van der Waals surface area contributed by atoms with Crippen LogP contribution in [-0.4, -0.2) is 12.0 Å². The molecular formula is C6H12ClN. The molecule has 0 aliphatic heterocycles. The topological polar surface area (TPSA) is 12.0 Å². The molecule has 1 unspecified atom stereocenters. The van der Waals surface area contributed by atoms with Crippen LogP contribution in [0, 0.1) is 0 Å². The van der Waals surface area contributed by atoms with E-state index in [0.29, 0.717) is 0 Å². The van der Waals surface area contributed by atoms with Crippen molar-refractivity contribution in [2.75, 3.05) is 6.54 Å². The Morgan fingerprint density at radius 1 is 1.88 bits per heavy atom. The third-order valence-electron chi connectivity index (χ3n) is 0.799. The Bertz CT molecular complexity index is 63.5. The molecule has 0 saturated carbocycles. The lowest BCUT2D eigenvalue weighted by atomic mass is 10.4. The molecule has 0 aliphatic carbocycles. The maximum atomic E-state index is 5.70. The highest BCUT2D eigenvalue weighted by Gasteiger charge is 1.94. The minimum Gasteiger partial charge on any atom is -0.301 e. The molecule has 0 amide bonds. The minimum absolute atomic E-state index is 0.0671. The smallest absolute Gasteiger partial charge is 0.0860 e. The molecule has 0 saturated heterocycles. The van der Waals surface area contributed by atoms with E-state index >= 15 is 0 Å². The summed E-state index contributed by atoms with van der Waals surface area (Å²) in [5.41, 5.74) is 0.0671. The van der Waals surface area contributed by atoms with Gasteiger partial charge in [-0.1, -0.05) is 13.0 Å². The van der Waals surface area contributed by atoms with Gasteiger partial charge >= 0.3 is 0 Å². The Balaban J connectivity index is 3.03. The Kier molecular flexibility index (Phi) is 5.13. The summed E-state index contributed by atoms with van der Waals surface area (Å²) in [7, 11) is 0. The number of halogens is 1. The second kappa shape index (κ2) is 5.13. The van der Waals surface area contributed by atoms with Crippen LogP contribution in [0.4, 0.5) is 0 Å². The zero-order valence-electron chi connectivity index (χ0n) is 5.15. The van der Waals surface area contributed by atoms with E-state index in [9.17, 15) is 0 Å². The van der Waals surface area contributed by atoms with Gasteiger partial charge in [-0.25, -0.2) is 0 Å². The first-order chi connectivity index (χ1) is 3.81. The second-order valence-electron chi connectivity index (χ2n) is 1.55. The lowest BCUT2D eigenvalue weighted by Gasteiger charge is -2.04. The van der Waals surface area contributed by atoms with Crippen LogP contribution in [0.1, 0.15) is 13.3 Å². The molecule has 2 heteroatoms. The van der Waals surface area contributed by atoms with Crippen molar-refractivity contribution in [1.82, 2.24) is 5.32 Å². The average molecular weight is 134 g/mol. The number of rotatable bonds is 4. The van der Waals surface area contributed by atoms with Crippen molar-refractivity contribution in [3.63, 3.8) is 0 Å². The van der Waals surface area contributed by atoms with Gasteiger partial charge in [-0.3, -0.25) is 0 Å². The van der Waals surface area contributed by atoms with Crippen LogP contribution in [0.15, 0.2) is 12.7 Å². The minimum atomic E-state index is 0.0671. The highest BCUT2D eigenvalue weighted by molar-refractivity contribution is 6.20. The second-order valence-corrected chi connectivity index (χ2v) is 2.08. The Labute approximate surface area is 55.7 Å². The van der Waals surface area contributed by atoms with Gasteiger partial charge in [0.05, 0.1) is 5.50 Å². The summed E-state index contributed by atoms with van der Waals surface area (Å²) in [6.45, 7) is 6.50. The van der Waals surface area contributed by atoms with E-state index in [1.807, 2.05) is 6.92 Å². The van der Waals surface area contributed by atoms with Gasteiger partial charge in [0.1, 0.15) is 0 Å². The van der Waals surface area contributed by atoms with Crippen molar-refractivity contribution >= 4 is 11.6 Å². The van der Waals surface area contributed by atoms with Crippen molar-refractivity contribution in [3.05, 3.63) is 12.7 Å². The standard InChI is InChI=1S/C6H12ClN/c1-3-5-6(7)8-4-2/h3,6,8H,1,4-5H2,2H3. The summed E-state index contributed by atoms with van der Waals surface area (Å²) >= 11 is 5.70. The summed E-state index contributed by atoms with van der Waals surface area (Å²) in [6, 6.07) is 0. The summed E-state index contributed by atoms with van der Waals surface area (Å²) in [5, 5.41) is 3.04. The van der Waals surface area contributed by atoms with Gasteiger partial charge < -0.3 is 5.32 Å². The zero-order valence-corrected chi connectivity index (χ0v) is 5.91. The molecule has 0 rings (SSSR count). The van der Waals surface area contributed by atoms with Crippen LogP contribution in [0.2, 0.25) is 0 Å². The van der Waals surface area contributed by atoms with Crippen LogP contribution < -0.4 is 5.32 Å². The first-order valence-corrected chi connectivity index (χ1v) is 3.23. The molecule has 1 atom stereocenters. The predicted octanol–water partition coefficient (Wildman–Crippen LogP) is 1.74. The largest absolute Gasteiger partial charge is 0.301 e. The first-order valence-electron chi connectivity index (χ1n) is 2.79. The van der Waals surface area contributed by atoms with E-state index in [2.05, 4.69) is 11.9 Å². The van der Waals surface area contributed by atoms with Crippen molar-refractivity contribution in [3.8, 4) is 0 Å². The molecule has 1 N–H and O–H groups in total. The molecule has 0 heterocycles. The van der Waals surface area contributed by atoms with E-state index in [1.165, 1.54) is 0 Å². The number of hydrogen-bond acceptors (Lipinski definition) is 1. The summed E-state index contributed by atoms with van der Waals surface area (Å²) < 4.78 is 0. The van der Waals surface area contributed by atoms with E-state index in [1.54, 1.807) is 6.08 Å². The third kappa shape index (κ3) is 4.16. The fourth-order valence-corrected chi connectivity index (χ4v) is 0.731. The molecule has 0 aliphatic rings. The van der Waals surface area contributed by atoms with E-state index in [0.717, 1.165) is 13.0 Å². The molecular weight excluding hydrogens is 122 g/mol. The first kappa shape index (κ1) is 7.99. The summed E-state index contributed by atoms with van der Waals surface area (Å²) in [5.74, 6) is 0. The van der Waals surface area contributed by atoms with Crippen molar-refractivity contribution in [1.29, 1.82) is 0 Å². The average Bonchev–Trinajstić information content (AvgIpc) is 1.68. The lowest BCUT2D eigenvalue weighted by molar-refractivity contribution is 0.673. The van der Waals surface area contributed by atoms with Gasteiger partial charge in [-0.05, 0) is 13.0 Å². The molecule has 0 bridgehead atoms. The van der Waals surface area contributed by atoms with E-state index in [-0.39, 0.29) is 5.50 Å². The highest BCUT2D eigenvalue weighted by atomic mass is 35.5. The van der Waals surface area contributed by atoms with Crippen molar-refractivity contribution < 1.29 is 0 Å². The Morgan fingerprint density at radius 3 is 2.88 bits per heavy atom. The molecule has 8 heavy (non-hydrogen) atoms. The van der Waals surface area contributed by atoms with Crippen molar-refractivity contribution in [2.45, 2.75) is 18.8 Å². The van der Waals surface area contributed by atoms with E-state index < -0.39 is 0 Å². The monoisotopic (exact) mass is 133 g/mol. The maximum Gasteiger partial charge on any atom is 0.0860 e. The SMILES string of the molecule is C=CCC(Cl)NCC. The van der Waals surface area contributed by atoms with Crippen LogP contribution in [0.3, 0.4) is 0 Å². The fourth-order valence-electron chi connectivity index (χ4n) is 0.451. The lowest BCUT2D eigenvalue weighted by Crippen LogP contribution is -2.22. The third-order valence-corrected chi connectivity index (χ3v) is 1.13. The van der Waals surface area contributed by atoms with Crippen LogP contribution in [0.25, 0.3) is 0 Å². The Morgan fingerprint density at radius 2 is 2.50 bits per heavy atom. The predicted molar refractivity (Wildman–Crippen MR) is 38.1 cm³/mol. The molecule has 0 aromatic rings. The van der Waals surface area contributed by atoms with Gasteiger partial charge in [0.15, 0.2) is 0 Å². The van der Waals surface area contributed by atoms with Crippen LogP contribution in [-0.2, 0) is 0 Å². The fraction of sp³-hybridized carbons (Fsp3) is 0.667. The molecule has 1 nitrogen and oxygen atoms in total. The number of hydrogen-bond donors (Lipinski definition) is 1. The van der Waals surface area contributed by atoms with Gasteiger partial charge in [0.2, 0.25) is 0 Å². The molecule has 0 aromatic heterocycles. The van der Waals surface area contributed by atoms with Gasteiger partial charge in [-0.2, -0.15) is 0 Å².